The Balaban J connectivity index is 1.57. The third-order valence-electron chi connectivity index (χ3n) is 5.57. The van der Waals surface area contributed by atoms with Gasteiger partial charge in [0.15, 0.2) is 11.5 Å². The molecule has 2 heterocycles. The molecule has 0 radical (unpaired) electrons. The standard InChI is InChI=1S/C24H21FN2O3/c1-28-22-12-9-16(13-23(22)29-2)19-14-20-18-5-3-4-6-21(18)30-24(27(20)26-19)15-7-10-17(25)11-8-15/h3-13,20,24H,14H2,1-2H3/t20-,24-/m0/s1. The first-order valence-electron chi connectivity index (χ1n) is 9.77. The van der Waals surface area contributed by atoms with Gasteiger partial charge in [0.2, 0.25) is 6.23 Å². The number of hydrogen-bond acceptors (Lipinski definition) is 5. The largest absolute Gasteiger partial charge is 0.493 e. The van der Waals surface area contributed by atoms with Crippen LogP contribution in [0.3, 0.4) is 0 Å². The topological polar surface area (TPSA) is 43.3 Å². The van der Waals surface area contributed by atoms with Gasteiger partial charge in [0.1, 0.15) is 11.6 Å². The van der Waals surface area contributed by atoms with E-state index in [2.05, 4.69) is 6.07 Å². The smallest absolute Gasteiger partial charge is 0.213 e. The minimum Gasteiger partial charge on any atom is -0.493 e. The van der Waals surface area contributed by atoms with E-state index in [1.54, 1.807) is 26.4 Å². The monoisotopic (exact) mass is 404 g/mol. The van der Waals surface area contributed by atoms with Gasteiger partial charge in [-0.25, -0.2) is 9.40 Å². The minimum atomic E-state index is -0.428. The van der Waals surface area contributed by atoms with Crippen LogP contribution in [0.2, 0.25) is 0 Å². The summed E-state index contributed by atoms with van der Waals surface area (Å²) in [5.74, 6) is 1.89. The second-order valence-electron chi connectivity index (χ2n) is 7.28. The van der Waals surface area contributed by atoms with Crippen molar-refractivity contribution in [1.82, 2.24) is 5.01 Å². The quantitative estimate of drug-likeness (QED) is 0.608. The van der Waals surface area contributed by atoms with Crippen molar-refractivity contribution in [3.8, 4) is 17.2 Å². The number of rotatable bonds is 4. The van der Waals surface area contributed by atoms with E-state index < -0.39 is 6.23 Å². The zero-order chi connectivity index (χ0) is 20.7. The Hall–Kier alpha value is -3.54. The van der Waals surface area contributed by atoms with Crippen LogP contribution in [0.1, 0.15) is 35.4 Å². The average Bonchev–Trinajstić information content (AvgIpc) is 3.24. The van der Waals surface area contributed by atoms with E-state index >= 15 is 0 Å². The summed E-state index contributed by atoms with van der Waals surface area (Å²) < 4.78 is 30.6. The Morgan fingerprint density at radius 2 is 1.73 bits per heavy atom. The lowest BCUT2D eigenvalue weighted by Gasteiger charge is -2.38. The van der Waals surface area contributed by atoms with Gasteiger partial charge in [-0.1, -0.05) is 30.3 Å². The van der Waals surface area contributed by atoms with Crippen LogP contribution >= 0.6 is 0 Å². The minimum absolute atomic E-state index is 0.0353. The van der Waals surface area contributed by atoms with Crippen LogP contribution < -0.4 is 14.2 Å². The molecule has 2 aliphatic rings. The van der Waals surface area contributed by atoms with Gasteiger partial charge in [-0.15, -0.1) is 0 Å². The highest BCUT2D eigenvalue weighted by Crippen LogP contribution is 2.47. The fraction of sp³-hybridized carbons (Fsp3) is 0.208. The van der Waals surface area contributed by atoms with E-state index in [0.29, 0.717) is 11.5 Å². The summed E-state index contributed by atoms with van der Waals surface area (Å²) in [5.41, 5.74) is 3.86. The predicted octanol–water partition coefficient (Wildman–Crippen LogP) is 5.09. The highest BCUT2D eigenvalue weighted by molar-refractivity contribution is 6.02. The molecule has 0 unspecified atom stereocenters. The molecule has 2 aliphatic heterocycles. The molecule has 0 bridgehead atoms. The molecule has 0 N–H and O–H groups in total. The number of para-hydroxylation sites is 1. The number of methoxy groups -OCH3 is 2. The van der Waals surface area contributed by atoms with Crippen molar-refractivity contribution in [3.63, 3.8) is 0 Å². The van der Waals surface area contributed by atoms with Crippen LogP contribution in [0.4, 0.5) is 4.39 Å². The lowest BCUT2D eigenvalue weighted by atomic mass is 9.96. The molecule has 0 saturated heterocycles. The molecule has 5 nitrogen and oxygen atoms in total. The molecule has 5 rings (SSSR count). The van der Waals surface area contributed by atoms with Crippen molar-refractivity contribution in [2.75, 3.05) is 14.2 Å². The molecular formula is C24H21FN2O3. The van der Waals surface area contributed by atoms with Gasteiger partial charge in [0, 0.05) is 23.1 Å². The number of hydrazone groups is 1. The number of halogens is 1. The molecule has 0 aliphatic carbocycles. The summed E-state index contributed by atoms with van der Waals surface area (Å²) in [7, 11) is 3.24. The summed E-state index contributed by atoms with van der Waals surface area (Å²) in [6, 6.07) is 20.2. The number of fused-ring (bicyclic) bond motifs is 3. The molecule has 152 valence electrons. The Labute approximate surface area is 174 Å². The van der Waals surface area contributed by atoms with Gasteiger partial charge >= 0.3 is 0 Å². The normalized spacial score (nSPS) is 19.4. The third-order valence-corrected chi connectivity index (χ3v) is 5.57. The van der Waals surface area contributed by atoms with E-state index in [-0.39, 0.29) is 11.9 Å². The van der Waals surface area contributed by atoms with Crippen LogP contribution in [0.25, 0.3) is 0 Å². The maximum Gasteiger partial charge on any atom is 0.213 e. The fourth-order valence-electron chi connectivity index (χ4n) is 4.07. The Morgan fingerprint density at radius 3 is 2.50 bits per heavy atom. The lowest BCUT2D eigenvalue weighted by molar-refractivity contribution is -0.0190. The third kappa shape index (κ3) is 3.05. The Kier molecular flexibility index (Phi) is 4.54. The highest BCUT2D eigenvalue weighted by Gasteiger charge is 2.40. The van der Waals surface area contributed by atoms with Gasteiger partial charge in [-0.3, -0.25) is 0 Å². The van der Waals surface area contributed by atoms with Crippen molar-refractivity contribution in [3.05, 3.63) is 89.2 Å². The molecule has 6 heteroatoms. The first-order valence-corrected chi connectivity index (χ1v) is 9.77. The van der Waals surface area contributed by atoms with E-state index in [1.165, 1.54) is 12.1 Å². The summed E-state index contributed by atoms with van der Waals surface area (Å²) in [4.78, 5) is 0. The van der Waals surface area contributed by atoms with Gasteiger partial charge in [-0.2, -0.15) is 5.10 Å². The second-order valence-corrected chi connectivity index (χ2v) is 7.28. The zero-order valence-corrected chi connectivity index (χ0v) is 16.7. The van der Waals surface area contributed by atoms with Crippen molar-refractivity contribution < 1.29 is 18.6 Å². The fourth-order valence-corrected chi connectivity index (χ4v) is 4.07. The van der Waals surface area contributed by atoms with E-state index in [1.807, 2.05) is 41.4 Å². The molecule has 0 aromatic heterocycles. The summed E-state index contributed by atoms with van der Waals surface area (Å²) in [5, 5.41) is 6.90. The lowest BCUT2D eigenvalue weighted by Crippen LogP contribution is -2.33. The number of benzene rings is 3. The number of nitrogens with zero attached hydrogens (tertiary/aromatic N) is 2. The molecule has 0 spiro atoms. The highest BCUT2D eigenvalue weighted by atomic mass is 19.1. The second kappa shape index (κ2) is 7.37. The Bertz CT molecular complexity index is 1110. The van der Waals surface area contributed by atoms with Gasteiger partial charge in [-0.05, 0) is 36.4 Å². The molecule has 0 fully saturated rings. The SMILES string of the molecule is COc1ccc(C2=NN3[C@@H](C2)c2ccccc2O[C@H]3c2ccc(F)cc2)cc1OC. The van der Waals surface area contributed by atoms with E-state index in [0.717, 1.165) is 34.6 Å². The van der Waals surface area contributed by atoms with Gasteiger partial charge in [0.25, 0.3) is 0 Å². The molecule has 30 heavy (non-hydrogen) atoms. The van der Waals surface area contributed by atoms with Crippen LogP contribution in [-0.4, -0.2) is 24.9 Å². The van der Waals surface area contributed by atoms with Crippen molar-refractivity contribution in [1.29, 1.82) is 0 Å². The van der Waals surface area contributed by atoms with Gasteiger partial charge in [0.05, 0.1) is 26.0 Å². The van der Waals surface area contributed by atoms with Crippen molar-refractivity contribution >= 4 is 5.71 Å². The maximum atomic E-state index is 13.5. The summed E-state index contributed by atoms with van der Waals surface area (Å²) in [6.07, 6.45) is 0.302. The first kappa shape index (κ1) is 18.5. The number of ether oxygens (including phenoxy) is 3. The zero-order valence-electron chi connectivity index (χ0n) is 16.7. The van der Waals surface area contributed by atoms with Crippen LogP contribution in [0, 0.1) is 5.82 Å². The molecule has 0 amide bonds. The maximum absolute atomic E-state index is 13.5. The molecule has 2 atom stereocenters. The summed E-state index contributed by atoms with van der Waals surface area (Å²) >= 11 is 0. The molecule has 3 aromatic carbocycles. The summed E-state index contributed by atoms with van der Waals surface area (Å²) in [6.45, 7) is 0. The molecule has 3 aromatic rings. The van der Waals surface area contributed by atoms with Crippen molar-refractivity contribution in [2.45, 2.75) is 18.7 Å². The van der Waals surface area contributed by atoms with Crippen LogP contribution in [-0.2, 0) is 0 Å². The van der Waals surface area contributed by atoms with Gasteiger partial charge < -0.3 is 14.2 Å². The van der Waals surface area contributed by atoms with Crippen molar-refractivity contribution in [2.24, 2.45) is 5.10 Å². The molecular weight excluding hydrogens is 383 g/mol. The van der Waals surface area contributed by atoms with Crippen LogP contribution in [0.15, 0.2) is 71.8 Å². The number of hydrogen-bond donors (Lipinski definition) is 0. The first-order chi connectivity index (χ1) is 14.7. The Morgan fingerprint density at radius 1 is 0.967 bits per heavy atom. The van der Waals surface area contributed by atoms with Crippen LogP contribution in [0.5, 0.6) is 17.2 Å². The van der Waals surface area contributed by atoms with E-state index in [4.69, 9.17) is 19.3 Å². The molecule has 0 saturated carbocycles. The predicted molar refractivity (Wildman–Crippen MR) is 111 cm³/mol. The average molecular weight is 404 g/mol. The van der Waals surface area contributed by atoms with E-state index in [9.17, 15) is 4.39 Å².